The number of thiazole rings is 1. The third-order valence-corrected chi connectivity index (χ3v) is 10.3. The Hall–Kier alpha value is -3.84. The summed E-state index contributed by atoms with van der Waals surface area (Å²) in [6.07, 6.45) is 2.76. The number of aromatic nitrogens is 1. The van der Waals surface area contributed by atoms with Gasteiger partial charge >= 0.3 is 11.9 Å². The van der Waals surface area contributed by atoms with E-state index in [1.54, 1.807) is 25.8 Å². The van der Waals surface area contributed by atoms with Crippen LogP contribution in [0.2, 0.25) is 0 Å². The molecule has 2 aromatic rings. The molecule has 276 valence electrons. The van der Waals surface area contributed by atoms with Crippen LogP contribution in [0.15, 0.2) is 30.3 Å². The van der Waals surface area contributed by atoms with E-state index in [-0.39, 0.29) is 48.2 Å². The zero-order valence-electron chi connectivity index (χ0n) is 30.7. The highest BCUT2D eigenvalue weighted by molar-refractivity contribution is 7.12. The maximum absolute atomic E-state index is 14.0. The first kappa shape index (κ1) is 40.6. The molecule has 3 rings (SSSR count). The number of carbonyl (C=O) groups is 5. The van der Waals surface area contributed by atoms with E-state index in [9.17, 15) is 29.1 Å². The Morgan fingerprint density at radius 1 is 1.02 bits per heavy atom. The Morgan fingerprint density at radius 2 is 1.70 bits per heavy atom. The van der Waals surface area contributed by atoms with Crippen molar-refractivity contribution in [1.82, 2.24) is 25.8 Å². The van der Waals surface area contributed by atoms with Crippen molar-refractivity contribution < 1.29 is 33.8 Å². The largest absolute Gasteiger partial charge is 0.481 e. The minimum absolute atomic E-state index is 0.0515. The first-order valence-electron chi connectivity index (χ1n) is 17.6. The van der Waals surface area contributed by atoms with Crippen molar-refractivity contribution in [2.45, 2.75) is 117 Å². The van der Waals surface area contributed by atoms with Crippen LogP contribution in [0.25, 0.3) is 0 Å². The van der Waals surface area contributed by atoms with E-state index in [0.29, 0.717) is 16.3 Å². The fourth-order valence-corrected chi connectivity index (χ4v) is 7.32. The molecule has 0 saturated carbocycles. The maximum Gasteiger partial charge on any atom is 0.306 e. The minimum Gasteiger partial charge on any atom is -0.481 e. The van der Waals surface area contributed by atoms with Gasteiger partial charge in [-0.25, -0.2) is 4.98 Å². The molecule has 0 bridgehead atoms. The second-order valence-corrected chi connectivity index (χ2v) is 15.4. The van der Waals surface area contributed by atoms with E-state index in [1.807, 2.05) is 58.0 Å². The summed E-state index contributed by atoms with van der Waals surface area (Å²) in [6.45, 7) is 13.2. The van der Waals surface area contributed by atoms with E-state index in [1.165, 1.54) is 18.3 Å². The molecule has 3 amide bonds. The van der Waals surface area contributed by atoms with Crippen LogP contribution >= 0.6 is 11.3 Å². The lowest BCUT2D eigenvalue weighted by molar-refractivity contribution is -0.149. The fraction of sp³-hybridized carbons (Fsp3) is 0.622. The molecule has 1 aliphatic rings. The lowest BCUT2D eigenvalue weighted by atomic mass is 9.94. The summed E-state index contributed by atoms with van der Waals surface area (Å²) in [6, 6.07) is 7.61. The first-order chi connectivity index (χ1) is 23.6. The molecule has 4 N–H and O–H groups in total. The number of piperidine rings is 1. The van der Waals surface area contributed by atoms with Gasteiger partial charge in [0.05, 0.1) is 12.0 Å². The van der Waals surface area contributed by atoms with E-state index in [2.05, 4.69) is 20.9 Å². The van der Waals surface area contributed by atoms with E-state index < -0.39 is 48.0 Å². The summed E-state index contributed by atoms with van der Waals surface area (Å²) in [4.78, 5) is 71.6. The molecule has 6 atom stereocenters. The molecule has 0 spiro atoms. The Kier molecular flexibility index (Phi) is 15.4. The summed E-state index contributed by atoms with van der Waals surface area (Å²) in [5.41, 5.74) is 1.14. The monoisotopic (exact) mass is 713 g/mol. The SMILES string of the molecule is CC(=O)OC(CC(C(C)C)N(C)C(=O)C(NC(=O)[C@H]1CCCCN1)C(C)C)c1nc(C(=O)NC(Cc2ccccc2)CC(C)C(=O)O)c(C)s1. The standard InChI is InChI=1S/C37H55N5O7S/c1-21(2)29(42(8)36(46)31(22(3)4)40-33(44)28-16-12-13-17-38-28)20-30(49-25(7)43)35-41-32(24(6)50-35)34(45)39-27(18-23(5)37(47)48)19-26-14-10-9-11-15-26/h9-11,14-15,21-23,27-31,38H,12-13,16-20H2,1-8H3,(H,39,45)(H,40,44)(H,47,48)/t23?,27?,28-,29?,30?,31?/m1/s1. The molecule has 12 nitrogen and oxygen atoms in total. The lowest BCUT2D eigenvalue weighted by Crippen LogP contribution is -2.57. The smallest absolute Gasteiger partial charge is 0.306 e. The summed E-state index contributed by atoms with van der Waals surface area (Å²) in [5.74, 6) is -3.23. The average Bonchev–Trinajstić information content (AvgIpc) is 3.46. The molecular weight excluding hydrogens is 659 g/mol. The van der Waals surface area contributed by atoms with E-state index in [0.717, 1.165) is 31.4 Å². The minimum atomic E-state index is -0.944. The fourth-order valence-electron chi connectivity index (χ4n) is 6.36. The number of hydrogen-bond donors (Lipinski definition) is 4. The number of carboxylic acids is 1. The quantitative estimate of drug-likeness (QED) is 0.171. The van der Waals surface area contributed by atoms with Crippen molar-refractivity contribution >= 4 is 41.0 Å². The first-order valence-corrected chi connectivity index (χ1v) is 18.4. The Morgan fingerprint density at radius 3 is 2.26 bits per heavy atom. The van der Waals surface area contributed by atoms with Crippen LogP contribution in [-0.4, -0.2) is 82.4 Å². The zero-order valence-corrected chi connectivity index (χ0v) is 31.5. The van der Waals surface area contributed by atoms with Gasteiger partial charge in [0.25, 0.3) is 5.91 Å². The molecule has 50 heavy (non-hydrogen) atoms. The molecule has 1 aliphatic heterocycles. The van der Waals surface area contributed by atoms with E-state index >= 15 is 0 Å². The van der Waals surface area contributed by atoms with Crippen LogP contribution in [0.1, 0.15) is 106 Å². The number of carbonyl (C=O) groups excluding carboxylic acids is 4. The van der Waals surface area contributed by atoms with E-state index in [4.69, 9.17) is 4.74 Å². The molecule has 0 radical (unpaired) electrons. The van der Waals surface area contributed by atoms with Crippen LogP contribution in [0.5, 0.6) is 0 Å². The normalized spacial score (nSPS) is 17.7. The van der Waals surface area contributed by atoms with Gasteiger partial charge in [0.15, 0.2) is 6.10 Å². The third-order valence-electron chi connectivity index (χ3n) is 9.26. The van der Waals surface area contributed by atoms with Crippen LogP contribution in [0, 0.1) is 24.7 Å². The van der Waals surface area contributed by atoms with Gasteiger partial charge < -0.3 is 30.7 Å². The highest BCUT2D eigenvalue weighted by Crippen LogP contribution is 2.33. The number of carboxylic acid groups (broad SMARTS) is 1. The summed E-state index contributed by atoms with van der Waals surface area (Å²) in [5, 5.41) is 19.2. The third kappa shape index (κ3) is 11.6. The predicted molar refractivity (Wildman–Crippen MR) is 193 cm³/mol. The molecule has 2 heterocycles. The zero-order chi connectivity index (χ0) is 37.1. The Bertz CT molecular complexity index is 1460. The number of benzene rings is 1. The number of rotatable bonds is 17. The van der Waals surface area contributed by atoms with Crippen LogP contribution in [0.4, 0.5) is 0 Å². The van der Waals surface area contributed by atoms with Gasteiger partial charge in [-0.1, -0.05) is 71.4 Å². The molecule has 0 aliphatic carbocycles. The summed E-state index contributed by atoms with van der Waals surface area (Å²) in [7, 11) is 1.70. The highest BCUT2D eigenvalue weighted by Gasteiger charge is 2.36. The average molecular weight is 714 g/mol. The number of aliphatic carboxylic acids is 1. The molecule has 5 unspecified atom stereocenters. The molecular formula is C37H55N5O7S. The van der Waals surface area contributed by atoms with Crippen molar-refractivity contribution in [2.75, 3.05) is 13.6 Å². The topological polar surface area (TPSA) is 167 Å². The second kappa shape index (κ2) is 19.0. The summed E-state index contributed by atoms with van der Waals surface area (Å²) < 4.78 is 5.78. The lowest BCUT2D eigenvalue weighted by Gasteiger charge is -2.37. The van der Waals surface area contributed by atoms with Crippen LogP contribution < -0.4 is 16.0 Å². The van der Waals surface area contributed by atoms with Crippen molar-refractivity contribution in [3.05, 3.63) is 51.5 Å². The molecule has 13 heteroatoms. The van der Waals surface area contributed by atoms with Crippen molar-refractivity contribution in [3.8, 4) is 0 Å². The number of amides is 3. The van der Waals surface area contributed by atoms with Crippen molar-refractivity contribution in [3.63, 3.8) is 0 Å². The van der Waals surface area contributed by atoms with Gasteiger partial charge in [0.1, 0.15) is 16.7 Å². The number of likely N-dealkylation sites (N-methyl/N-ethyl adjacent to an activating group) is 1. The number of hydrogen-bond acceptors (Lipinski definition) is 9. The maximum atomic E-state index is 14.0. The summed E-state index contributed by atoms with van der Waals surface area (Å²) >= 11 is 1.24. The molecule has 1 saturated heterocycles. The predicted octanol–water partition coefficient (Wildman–Crippen LogP) is 4.66. The number of nitrogens with one attached hydrogen (secondary N) is 3. The number of esters is 1. The van der Waals surface area contributed by atoms with Gasteiger partial charge in [-0.15, -0.1) is 11.3 Å². The van der Waals surface area contributed by atoms with Gasteiger partial charge in [0, 0.05) is 37.4 Å². The second-order valence-electron chi connectivity index (χ2n) is 14.1. The number of aryl methyl sites for hydroxylation is 1. The van der Waals surface area contributed by atoms with Crippen molar-refractivity contribution in [1.29, 1.82) is 0 Å². The van der Waals surface area contributed by atoms with Gasteiger partial charge in [0.2, 0.25) is 11.8 Å². The highest BCUT2D eigenvalue weighted by atomic mass is 32.1. The Labute approximate surface area is 300 Å². The Balaban J connectivity index is 1.83. The molecule has 1 aromatic carbocycles. The van der Waals surface area contributed by atoms with Gasteiger partial charge in [-0.2, -0.15) is 0 Å². The number of nitrogens with zero attached hydrogens (tertiary/aromatic N) is 2. The molecule has 1 fully saturated rings. The van der Waals surface area contributed by atoms with Gasteiger partial charge in [-0.3, -0.25) is 24.0 Å². The van der Waals surface area contributed by atoms with Crippen molar-refractivity contribution in [2.24, 2.45) is 17.8 Å². The van der Waals surface area contributed by atoms with Crippen LogP contribution in [-0.2, 0) is 30.3 Å². The van der Waals surface area contributed by atoms with Crippen LogP contribution in [0.3, 0.4) is 0 Å². The molecule has 1 aromatic heterocycles. The number of ether oxygens (including phenoxy) is 1. The van der Waals surface area contributed by atoms with Gasteiger partial charge in [-0.05, 0) is 56.6 Å².